The molecule has 0 spiro atoms. The van der Waals surface area contributed by atoms with E-state index in [4.69, 9.17) is 16.2 Å². The first kappa shape index (κ1) is 15.6. The Hall–Kier alpha value is -2.83. The van der Waals surface area contributed by atoms with E-state index in [9.17, 15) is 14.4 Å². The number of nitrogen functional groups attached to an aromatic ring is 1. The fraction of sp³-hybridized carbons (Fsp3) is 0.267. The Morgan fingerprint density at radius 1 is 1.36 bits per heavy atom. The molecule has 1 aliphatic heterocycles. The number of amides is 2. The second kappa shape index (κ2) is 6.30. The number of ketones is 1. The van der Waals surface area contributed by atoms with E-state index < -0.39 is 23.6 Å². The van der Waals surface area contributed by atoms with Gasteiger partial charge in [0.2, 0.25) is 0 Å². The summed E-state index contributed by atoms with van der Waals surface area (Å²) in [7, 11) is 0. The third-order valence-corrected chi connectivity index (χ3v) is 3.17. The topological polar surface area (TPSA) is 125 Å². The fourth-order valence-electron chi connectivity index (χ4n) is 2.13. The molecular weight excluding hydrogens is 286 g/mol. The van der Waals surface area contributed by atoms with Gasteiger partial charge >= 0.3 is 0 Å². The summed E-state index contributed by atoms with van der Waals surface area (Å²) in [5.74, 6) is -2.24. The Morgan fingerprint density at radius 3 is 2.73 bits per heavy atom. The van der Waals surface area contributed by atoms with Crippen molar-refractivity contribution >= 4 is 23.3 Å². The summed E-state index contributed by atoms with van der Waals surface area (Å²) in [5, 5.41) is 2.50. The van der Waals surface area contributed by atoms with Crippen molar-refractivity contribution in [3.8, 4) is 5.75 Å². The molecule has 1 atom stereocenters. The van der Waals surface area contributed by atoms with Crippen LogP contribution in [-0.4, -0.2) is 24.2 Å². The van der Waals surface area contributed by atoms with Crippen molar-refractivity contribution in [1.29, 1.82) is 0 Å². The minimum atomic E-state index is -0.941. The quantitative estimate of drug-likeness (QED) is 0.407. The number of rotatable bonds is 5. The van der Waals surface area contributed by atoms with E-state index in [1.54, 1.807) is 18.2 Å². The molecular formula is C15H17N3O4. The van der Waals surface area contributed by atoms with Crippen LogP contribution in [0.25, 0.3) is 0 Å². The standard InChI is InChI=1S/C15H17N3O4/c1-2-5-22-12-4-3-8(16)6-9(12)11-7-10(14(17)20)13(19)15(21)18-11/h3-4,6-7,11H,2,5,16H2,1H3,(H2,17,20)(H,18,21). The molecule has 7 heteroatoms. The van der Waals surface area contributed by atoms with Gasteiger partial charge in [-0.15, -0.1) is 0 Å². The van der Waals surface area contributed by atoms with Crippen LogP contribution >= 0.6 is 0 Å². The predicted molar refractivity (Wildman–Crippen MR) is 79.8 cm³/mol. The number of carbonyl (C=O) groups excluding carboxylic acids is 3. The second-order valence-electron chi connectivity index (χ2n) is 4.87. The number of hydrogen-bond acceptors (Lipinski definition) is 5. The van der Waals surface area contributed by atoms with Crippen molar-refractivity contribution in [3.63, 3.8) is 0 Å². The number of ether oxygens (including phenoxy) is 1. The SMILES string of the molecule is CCCOc1ccc(N)cc1C1C=C(C(N)=O)C(=O)C(=O)N1. The third kappa shape index (κ3) is 3.08. The molecule has 1 heterocycles. The average molecular weight is 303 g/mol. The normalized spacial score (nSPS) is 17.7. The Labute approximate surface area is 127 Å². The summed E-state index contributed by atoms with van der Waals surface area (Å²) < 4.78 is 5.62. The Kier molecular flexibility index (Phi) is 4.45. The first-order chi connectivity index (χ1) is 10.4. The zero-order valence-electron chi connectivity index (χ0n) is 12.1. The van der Waals surface area contributed by atoms with Gasteiger partial charge in [0, 0.05) is 11.3 Å². The smallest absolute Gasteiger partial charge is 0.293 e. The highest BCUT2D eigenvalue weighted by atomic mass is 16.5. The van der Waals surface area contributed by atoms with Crippen LogP contribution in [0, 0.1) is 0 Å². The molecule has 0 saturated heterocycles. The van der Waals surface area contributed by atoms with Crippen LogP contribution in [-0.2, 0) is 14.4 Å². The molecule has 1 aromatic rings. The van der Waals surface area contributed by atoms with Gasteiger partial charge in [-0.3, -0.25) is 14.4 Å². The van der Waals surface area contributed by atoms with Crippen LogP contribution < -0.4 is 21.5 Å². The van der Waals surface area contributed by atoms with E-state index >= 15 is 0 Å². The number of Topliss-reactive ketones (excluding diaryl/α,β-unsaturated/α-hetero) is 1. The molecule has 0 aromatic heterocycles. The maximum atomic E-state index is 11.7. The van der Waals surface area contributed by atoms with Crippen LogP contribution in [0.2, 0.25) is 0 Å². The van der Waals surface area contributed by atoms with Crippen molar-refractivity contribution in [2.45, 2.75) is 19.4 Å². The van der Waals surface area contributed by atoms with Gasteiger partial charge in [0.25, 0.3) is 17.6 Å². The van der Waals surface area contributed by atoms with Crippen LogP contribution in [0.15, 0.2) is 29.8 Å². The highest BCUT2D eigenvalue weighted by molar-refractivity contribution is 6.49. The number of hydrogen-bond donors (Lipinski definition) is 3. The van der Waals surface area contributed by atoms with Gasteiger partial charge in [-0.2, -0.15) is 0 Å². The molecule has 2 amide bonds. The highest BCUT2D eigenvalue weighted by Gasteiger charge is 2.32. The van der Waals surface area contributed by atoms with Crippen molar-refractivity contribution in [2.75, 3.05) is 12.3 Å². The summed E-state index contributed by atoms with van der Waals surface area (Å²) in [6, 6.07) is 4.27. The lowest BCUT2D eigenvalue weighted by atomic mass is 9.96. The van der Waals surface area contributed by atoms with Crippen LogP contribution in [0.5, 0.6) is 5.75 Å². The van der Waals surface area contributed by atoms with Crippen molar-refractivity contribution in [1.82, 2.24) is 5.32 Å². The molecule has 116 valence electrons. The van der Waals surface area contributed by atoms with E-state index in [-0.39, 0.29) is 5.57 Å². The largest absolute Gasteiger partial charge is 0.493 e. The van der Waals surface area contributed by atoms with Crippen molar-refractivity contribution < 1.29 is 19.1 Å². The molecule has 0 radical (unpaired) electrons. The highest BCUT2D eigenvalue weighted by Crippen LogP contribution is 2.31. The number of benzene rings is 1. The first-order valence-corrected chi connectivity index (χ1v) is 6.83. The van der Waals surface area contributed by atoms with Crippen LogP contribution in [0.3, 0.4) is 0 Å². The molecule has 0 bridgehead atoms. The maximum absolute atomic E-state index is 11.7. The molecule has 7 nitrogen and oxygen atoms in total. The minimum Gasteiger partial charge on any atom is -0.493 e. The zero-order valence-corrected chi connectivity index (χ0v) is 12.1. The van der Waals surface area contributed by atoms with Gasteiger partial charge in [-0.25, -0.2) is 0 Å². The summed E-state index contributed by atoms with van der Waals surface area (Å²) in [5.41, 5.74) is 11.6. The van der Waals surface area contributed by atoms with E-state index in [0.717, 1.165) is 6.42 Å². The summed E-state index contributed by atoms with van der Waals surface area (Å²) in [6.45, 7) is 2.45. The molecule has 1 aliphatic rings. The van der Waals surface area contributed by atoms with Crippen LogP contribution in [0.1, 0.15) is 24.9 Å². The summed E-state index contributed by atoms with van der Waals surface area (Å²) in [6.07, 6.45) is 2.13. The Morgan fingerprint density at radius 2 is 2.09 bits per heavy atom. The lowest BCUT2D eigenvalue weighted by Crippen LogP contribution is -2.42. The summed E-state index contributed by atoms with van der Waals surface area (Å²) >= 11 is 0. The monoisotopic (exact) mass is 303 g/mol. The first-order valence-electron chi connectivity index (χ1n) is 6.83. The molecule has 0 saturated carbocycles. The fourth-order valence-corrected chi connectivity index (χ4v) is 2.13. The van der Waals surface area contributed by atoms with E-state index in [1.165, 1.54) is 6.08 Å². The molecule has 22 heavy (non-hydrogen) atoms. The predicted octanol–water partition coefficient (Wildman–Crippen LogP) is 0.209. The number of anilines is 1. The van der Waals surface area contributed by atoms with E-state index in [1.807, 2.05) is 6.92 Å². The van der Waals surface area contributed by atoms with Gasteiger partial charge < -0.3 is 21.5 Å². The van der Waals surface area contributed by atoms with Crippen molar-refractivity contribution in [3.05, 3.63) is 35.4 Å². The van der Waals surface area contributed by atoms with Gasteiger partial charge in [-0.1, -0.05) is 6.92 Å². The van der Waals surface area contributed by atoms with Crippen molar-refractivity contribution in [2.24, 2.45) is 5.73 Å². The number of primary amides is 1. The molecule has 0 aliphatic carbocycles. The Bertz CT molecular complexity index is 667. The summed E-state index contributed by atoms with van der Waals surface area (Å²) in [4.78, 5) is 34.7. The molecule has 1 aromatic carbocycles. The lowest BCUT2D eigenvalue weighted by molar-refractivity contribution is -0.137. The van der Waals surface area contributed by atoms with Gasteiger partial charge in [0.1, 0.15) is 5.75 Å². The molecule has 2 rings (SSSR count). The van der Waals surface area contributed by atoms with Gasteiger partial charge in [0.15, 0.2) is 0 Å². The Balaban J connectivity index is 2.46. The second-order valence-corrected chi connectivity index (χ2v) is 4.87. The van der Waals surface area contributed by atoms with E-state index in [2.05, 4.69) is 5.32 Å². The van der Waals surface area contributed by atoms with Gasteiger partial charge in [0.05, 0.1) is 18.2 Å². The third-order valence-electron chi connectivity index (χ3n) is 3.17. The van der Waals surface area contributed by atoms with E-state index in [0.29, 0.717) is 23.6 Å². The minimum absolute atomic E-state index is 0.336. The number of carbonyl (C=O) groups is 3. The average Bonchev–Trinajstić information content (AvgIpc) is 2.48. The number of nitrogens with one attached hydrogen (secondary N) is 1. The zero-order chi connectivity index (χ0) is 16.3. The number of nitrogens with two attached hydrogens (primary N) is 2. The molecule has 0 fully saturated rings. The maximum Gasteiger partial charge on any atom is 0.293 e. The molecule has 5 N–H and O–H groups in total. The van der Waals surface area contributed by atoms with Gasteiger partial charge in [-0.05, 0) is 30.7 Å². The lowest BCUT2D eigenvalue weighted by Gasteiger charge is -2.23. The van der Waals surface area contributed by atoms with Crippen LogP contribution in [0.4, 0.5) is 5.69 Å². The molecule has 1 unspecified atom stereocenters.